The van der Waals surface area contributed by atoms with Crippen molar-refractivity contribution >= 4 is 5.91 Å². The highest BCUT2D eigenvalue weighted by Crippen LogP contribution is 2.17. The summed E-state index contributed by atoms with van der Waals surface area (Å²) in [7, 11) is 0. The second kappa shape index (κ2) is 5.74. The zero-order valence-electron chi connectivity index (χ0n) is 12.1. The van der Waals surface area contributed by atoms with Crippen LogP contribution < -0.4 is 5.32 Å². The van der Waals surface area contributed by atoms with Crippen molar-refractivity contribution < 1.29 is 4.79 Å². The van der Waals surface area contributed by atoms with Gasteiger partial charge in [0.25, 0.3) is 0 Å². The summed E-state index contributed by atoms with van der Waals surface area (Å²) in [6.07, 6.45) is 0. The molecule has 0 spiro atoms. The van der Waals surface area contributed by atoms with Crippen LogP contribution in [0.3, 0.4) is 0 Å². The van der Waals surface area contributed by atoms with Crippen LogP contribution in [0.2, 0.25) is 0 Å². The zero-order chi connectivity index (χ0) is 14.7. The van der Waals surface area contributed by atoms with Crippen molar-refractivity contribution in [2.24, 2.45) is 0 Å². The second-order valence-corrected chi connectivity index (χ2v) is 4.83. The van der Waals surface area contributed by atoms with Gasteiger partial charge in [0.2, 0.25) is 5.91 Å². The Bertz CT molecular complexity index is 641. The fourth-order valence-corrected chi connectivity index (χ4v) is 2.16. The summed E-state index contributed by atoms with van der Waals surface area (Å²) in [5.41, 5.74) is 3.46. The standard InChI is InChI=1S/C16H19N3O/c1-11(2)16(20)17-10-15-12(3)18-13(4)19(15)14-8-6-5-7-9-14/h5-9H,1,10H2,2-4H3,(H,17,20). The average molecular weight is 269 g/mol. The van der Waals surface area contributed by atoms with E-state index in [-0.39, 0.29) is 5.91 Å². The molecule has 4 nitrogen and oxygen atoms in total. The number of amides is 1. The van der Waals surface area contributed by atoms with Crippen LogP contribution >= 0.6 is 0 Å². The highest BCUT2D eigenvalue weighted by Gasteiger charge is 2.13. The minimum atomic E-state index is -0.136. The molecule has 0 aliphatic heterocycles. The number of aryl methyl sites for hydroxylation is 2. The monoisotopic (exact) mass is 269 g/mol. The van der Waals surface area contributed by atoms with Crippen molar-refractivity contribution in [3.8, 4) is 5.69 Å². The number of para-hydroxylation sites is 1. The molecule has 0 saturated carbocycles. The van der Waals surface area contributed by atoms with Gasteiger partial charge >= 0.3 is 0 Å². The van der Waals surface area contributed by atoms with E-state index in [1.807, 2.05) is 44.2 Å². The summed E-state index contributed by atoms with van der Waals surface area (Å²) in [4.78, 5) is 16.1. The smallest absolute Gasteiger partial charge is 0.246 e. The van der Waals surface area contributed by atoms with E-state index >= 15 is 0 Å². The van der Waals surface area contributed by atoms with Gasteiger partial charge in [0.05, 0.1) is 17.9 Å². The number of nitrogens with zero attached hydrogens (tertiary/aromatic N) is 2. The molecule has 0 aliphatic carbocycles. The minimum absolute atomic E-state index is 0.136. The maximum absolute atomic E-state index is 11.6. The number of carbonyl (C=O) groups is 1. The molecule has 1 N–H and O–H groups in total. The van der Waals surface area contributed by atoms with Crippen molar-refractivity contribution in [2.45, 2.75) is 27.3 Å². The Hall–Kier alpha value is -2.36. The van der Waals surface area contributed by atoms with Gasteiger partial charge in [-0.25, -0.2) is 4.98 Å². The van der Waals surface area contributed by atoms with Crippen molar-refractivity contribution in [3.05, 3.63) is 59.7 Å². The molecule has 0 atom stereocenters. The van der Waals surface area contributed by atoms with E-state index in [1.54, 1.807) is 6.92 Å². The Morgan fingerprint density at radius 1 is 1.30 bits per heavy atom. The topological polar surface area (TPSA) is 46.9 Å². The Morgan fingerprint density at radius 2 is 1.95 bits per heavy atom. The summed E-state index contributed by atoms with van der Waals surface area (Å²) < 4.78 is 2.06. The van der Waals surface area contributed by atoms with E-state index in [1.165, 1.54) is 0 Å². The van der Waals surface area contributed by atoms with E-state index in [0.717, 1.165) is 22.9 Å². The third-order valence-corrected chi connectivity index (χ3v) is 3.16. The second-order valence-electron chi connectivity index (χ2n) is 4.83. The van der Waals surface area contributed by atoms with Crippen LogP contribution in [0, 0.1) is 13.8 Å². The lowest BCUT2D eigenvalue weighted by Gasteiger charge is -2.12. The molecule has 1 amide bonds. The first kappa shape index (κ1) is 14.1. The van der Waals surface area contributed by atoms with Gasteiger partial charge < -0.3 is 5.32 Å². The number of hydrogen-bond donors (Lipinski definition) is 1. The minimum Gasteiger partial charge on any atom is -0.347 e. The molecule has 4 heteroatoms. The van der Waals surface area contributed by atoms with E-state index in [0.29, 0.717) is 12.1 Å². The molecule has 2 aromatic rings. The predicted molar refractivity (Wildman–Crippen MR) is 79.7 cm³/mol. The number of carbonyl (C=O) groups excluding carboxylic acids is 1. The van der Waals surface area contributed by atoms with Gasteiger partial charge in [-0.05, 0) is 32.9 Å². The number of rotatable bonds is 4. The first-order valence-electron chi connectivity index (χ1n) is 6.54. The molecule has 1 heterocycles. The van der Waals surface area contributed by atoms with Gasteiger partial charge in [-0.2, -0.15) is 0 Å². The van der Waals surface area contributed by atoms with Gasteiger partial charge in [-0.1, -0.05) is 24.8 Å². The fourth-order valence-electron chi connectivity index (χ4n) is 2.16. The molecule has 0 saturated heterocycles. The highest BCUT2D eigenvalue weighted by atomic mass is 16.1. The third-order valence-electron chi connectivity index (χ3n) is 3.16. The Morgan fingerprint density at radius 3 is 2.55 bits per heavy atom. The molecule has 0 unspecified atom stereocenters. The van der Waals surface area contributed by atoms with E-state index in [9.17, 15) is 4.79 Å². The van der Waals surface area contributed by atoms with Gasteiger partial charge in [-0.3, -0.25) is 9.36 Å². The maximum atomic E-state index is 11.6. The number of benzene rings is 1. The lowest BCUT2D eigenvalue weighted by Crippen LogP contribution is -2.24. The summed E-state index contributed by atoms with van der Waals surface area (Å²) in [5.74, 6) is 0.774. The Labute approximate surface area is 119 Å². The van der Waals surface area contributed by atoms with Gasteiger partial charge in [0.15, 0.2) is 0 Å². The summed E-state index contributed by atoms with van der Waals surface area (Å²) in [5, 5.41) is 2.86. The molecule has 0 radical (unpaired) electrons. The molecule has 20 heavy (non-hydrogen) atoms. The SMILES string of the molecule is C=C(C)C(=O)NCc1c(C)nc(C)n1-c1ccccc1. The highest BCUT2D eigenvalue weighted by molar-refractivity contribution is 5.92. The van der Waals surface area contributed by atoms with E-state index < -0.39 is 0 Å². The van der Waals surface area contributed by atoms with Gasteiger partial charge in [-0.15, -0.1) is 0 Å². The van der Waals surface area contributed by atoms with Gasteiger partial charge in [0.1, 0.15) is 5.82 Å². The molecule has 104 valence electrons. The van der Waals surface area contributed by atoms with E-state index in [2.05, 4.69) is 21.4 Å². The lowest BCUT2D eigenvalue weighted by atomic mass is 10.2. The van der Waals surface area contributed by atoms with Crippen LogP contribution in [0.25, 0.3) is 5.69 Å². The van der Waals surface area contributed by atoms with Gasteiger partial charge in [0, 0.05) is 11.3 Å². The number of nitrogens with one attached hydrogen (secondary N) is 1. The molecule has 0 fully saturated rings. The fraction of sp³-hybridized carbons (Fsp3) is 0.250. The largest absolute Gasteiger partial charge is 0.347 e. The molecule has 2 rings (SSSR count). The molecule has 0 bridgehead atoms. The quantitative estimate of drug-likeness (QED) is 0.867. The van der Waals surface area contributed by atoms with Crippen molar-refractivity contribution in [2.75, 3.05) is 0 Å². The molecule has 1 aromatic carbocycles. The zero-order valence-corrected chi connectivity index (χ0v) is 12.1. The van der Waals surface area contributed by atoms with Crippen LogP contribution in [0.1, 0.15) is 24.1 Å². The molecular weight excluding hydrogens is 250 g/mol. The average Bonchev–Trinajstić information content (AvgIpc) is 2.71. The van der Waals surface area contributed by atoms with E-state index in [4.69, 9.17) is 0 Å². The van der Waals surface area contributed by atoms with Crippen molar-refractivity contribution in [1.29, 1.82) is 0 Å². The molecule has 1 aromatic heterocycles. The number of hydrogen-bond acceptors (Lipinski definition) is 2. The number of aromatic nitrogens is 2. The predicted octanol–water partition coefficient (Wildman–Crippen LogP) is 2.68. The maximum Gasteiger partial charge on any atom is 0.246 e. The van der Waals surface area contributed by atoms with Crippen molar-refractivity contribution in [3.63, 3.8) is 0 Å². The van der Waals surface area contributed by atoms with Crippen molar-refractivity contribution in [1.82, 2.24) is 14.9 Å². The van der Waals surface area contributed by atoms with Crippen LogP contribution in [0.15, 0.2) is 42.5 Å². The number of imidazole rings is 1. The summed E-state index contributed by atoms with van der Waals surface area (Å²) in [6.45, 7) is 9.69. The van der Waals surface area contributed by atoms with Crippen LogP contribution in [0.5, 0.6) is 0 Å². The first-order valence-corrected chi connectivity index (χ1v) is 6.54. The van der Waals surface area contributed by atoms with Crippen LogP contribution in [-0.4, -0.2) is 15.5 Å². The normalized spacial score (nSPS) is 10.3. The van der Waals surface area contributed by atoms with Crippen LogP contribution in [-0.2, 0) is 11.3 Å². The third kappa shape index (κ3) is 2.79. The molecular formula is C16H19N3O. The molecule has 0 aliphatic rings. The Balaban J connectivity index is 2.34. The Kier molecular flexibility index (Phi) is 4.03. The summed E-state index contributed by atoms with van der Waals surface area (Å²) >= 11 is 0. The summed E-state index contributed by atoms with van der Waals surface area (Å²) in [6, 6.07) is 10.0. The first-order chi connectivity index (χ1) is 9.50. The van der Waals surface area contributed by atoms with Crippen LogP contribution in [0.4, 0.5) is 0 Å². The lowest BCUT2D eigenvalue weighted by molar-refractivity contribution is -0.117.